The van der Waals surface area contributed by atoms with Gasteiger partial charge in [0.1, 0.15) is 0 Å². The van der Waals surface area contributed by atoms with Crippen molar-refractivity contribution in [2.45, 2.75) is 45.4 Å². The van der Waals surface area contributed by atoms with Crippen molar-refractivity contribution >= 4 is 5.97 Å². The van der Waals surface area contributed by atoms with Crippen molar-refractivity contribution in [2.24, 2.45) is 11.8 Å². The molecule has 1 aromatic carbocycles. The predicted octanol–water partition coefficient (Wildman–Crippen LogP) is 3.85. The molecule has 0 heterocycles. The molecule has 0 aliphatic heterocycles. The second kappa shape index (κ2) is 5.55. The van der Waals surface area contributed by atoms with E-state index in [1.54, 1.807) is 0 Å². The van der Waals surface area contributed by atoms with Gasteiger partial charge in [0.15, 0.2) is 0 Å². The first-order chi connectivity index (χ1) is 8.56. The van der Waals surface area contributed by atoms with Gasteiger partial charge < -0.3 is 5.11 Å². The zero-order valence-corrected chi connectivity index (χ0v) is 11.2. The maximum Gasteiger partial charge on any atom is 0.303 e. The van der Waals surface area contributed by atoms with E-state index >= 15 is 0 Å². The summed E-state index contributed by atoms with van der Waals surface area (Å²) in [4.78, 5) is 10.9. The van der Waals surface area contributed by atoms with Crippen molar-refractivity contribution in [2.75, 3.05) is 0 Å². The molecule has 2 heteroatoms. The summed E-state index contributed by atoms with van der Waals surface area (Å²) in [7, 11) is 0. The number of hydrogen-bond donors (Lipinski definition) is 1. The summed E-state index contributed by atoms with van der Waals surface area (Å²) in [6.45, 7) is 4.37. The van der Waals surface area contributed by atoms with E-state index in [4.69, 9.17) is 5.11 Å². The van der Waals surface area contributed by atoms with E-state index in [1.165, 1.54) is 24.0 Å². The van der Waals surface area contributed by atoms with Crippen LogP contribution in [-0.4, -0.2) is 11.1 Å². The molecule has 1 N–H and O–H groups in total. The van der Waals surface area contributed by atoms with Gasteiger partial charge in [-0.25, -0.2) is 0 Å². The minimum atomic E-state index is -0.661. The largest absolute Gasteiger partial charge is 0.481 e. The molecule has 18 heavy (non-hydrogen) atoms. The molecule has 2 nitrogen and oxygen atoms in total. The van der Waals surface area contributed by atoms with Crippen LogP contribution in [0, 0.1) is 11.8 Å². The van der Waals surface area contributed by atoms with Crippen LogP contribution in [-0.2, 0) is 11.2 Å². The van der Waals surface area contributed by atoms with E-state index in [-0.39, 0.29) is 0 Å². The molecule has 0 amide bonds. The monoisotopic (exact) mass is 246 g/mol. The smallest absolute Gasteiger partial charge is 0.303 e. The molecule has 98 valence electrons. The molecule has 0 spiro atoms. The molecule has 1 atom stereocenters. The van der Waals surface area contributed by atoms with Crippen LogP contribution in [0.4, 0.5) is 0 Å². The lowest BCUT2D eigenvalue weighted by Crippen LogP contribution is -2.12. The summed E-state index contributed by atoms with van der Waals surface area (Å²) in [6.07, 6.45) is 3.65. The second-order valence-electron chi connectivity index (χ2n) is 5.80. The van der Waals surface area contributed by atoms with Gasteiger partial charge in [0.2, 0.25) is 0 Å². The van der Waals surface area contributed by atoms with Crippen LogP contribution < -0.4 is 0 Å². The van der Waals surface area contributed by atoms with Gasteiger partial charge in [-0.15, -0.1) is 0 Å². The zero-order valence-electron chi connectivity index (χ0n) is 11.2. The molecule has 0 saturated heterocycles. The highest BCUT2D eigenvalue weighted by molar-refractivity contribution is 5.67. The quantitative estimate of drug-likeness (QED) is 0.827. The Labute approximate surface area is 109 Å². The fourth-order valence-corrected chi connectivity index (χ4v) is 2.54. The molecule has 1 aromatic rings. The SMILES string of the molecule is CC(C)c1ccc(CC(CC(=O)O)C2CC2)cc1. The van der Waals surface area contributed by atoms with E-state index in [0.29, 0.717) is 24.2 Å². The number of benzene rings is 1. The number of carboxylic acid groups (broad SMARTS) is 1. The van der Waals surface area contributed by atoms with Gasteiger partial charge in [0.25, 0.3) is 0 Å². The van der Waals surface area contributed by atoms with Crippen LogP contribution in [0.5, 0.6) is 0 Å². The third kappa shape index (κ3) is 3.59. The number of rotatable bonds is 6. The van der Waals surface area contributed by atoms with E-state index in [9.17, 15) is 4.79 Å². The molecule has 0 bridgehead atoms. The van der Waals surface area contributed by atoms with Gasteiger partial charge in [-0.05, 0) is 48.1 Å². The number of carbonyl (C=O) groups is 1. The lowest BCUT2D eigenvalue weighted by atomic mass is 9.91. The van der Waals surface area contributed by atoms with Gasteiger partial charge >= 0.3 is 5.97 Å². The van der Waals surface area contributed by atoms with Crippen molar-refractivity contribution < 1.29 is 9.90 Å². The third-order valence-corrected chi connectivity index (χ3v) is 3.87. The minimum Gasteiger partial charge on any atom is -0.481 e. The van der Waals surface area contributed by atoms with Crippen LogP contribution >= 0.6 is 0 Å². The molecule has 2 rings (SSSR count). The van der Waals surface area contributed by atoms with Crippen molar-refractivity contribution in [1.82, 2.24) is 0 Å². The standard InChI is InChI=1S/C16H22O2/c1-11(2)13-5-3-12(4-6-13)9-15(10-16(17)18)14-7-8-14/h3-6,11,14-15H,7-10H2,1-2H3,(H,17,18). The summed E-state index contributed by atoms with van der Waals surface area (Å²) >= 11 is 0. The van der Waals surface area contributed by atoms with Gasteiger partial charge in [0, 0.05) is 6.42 Å². The normalized spacial score (nSPS) is 16.8. The average molecular weight is 246 g/mol. The number of aliphatic carboxylic acids is 1. The number of hydrogen-bond acceptors (Lipinski definition) is 1. The van der Waals surface area contributed by atoms with Crippen LogP contribution in [0.25, 0.3) is 0 Å². The van der Waals surface area contributed by atoms with Crippen molar-refractivity contribution in [3.05, 3.63) is 35.4 Å². The maximum absolute atomic E-state index is 10.9. The molecule has 0 radical (unpaired) electrons. The molecule has 1 aliphatic rings. The lowest BCUT2D eigenvalue weighted by molar-refractivity contribution is -0.138. The Morgan fingerprint density at radius 2 is 1.89 bits per heavy atom. The Kier molecular flexibility index (Phi) is 4.05. The summed E-state index contributed by atoms with van der Waals surface area (Å²) in [6, 6.07) is 8.66. The highest BCUT2D eigenvalue weighted by Crippen LogP contribution is 2.40. The minimum absolute atomic E-state index is 0.316. The first kappa shape index (κ1) is 13.1. The molecule has 1 aliphatic carbocycles. The Hall–Kier alpha value is -1.31. The fourth-order valence-electron chi connectivity index (χ4n) is 2.54. The van der Waals surface area contributed by atoms with Crippen molar-refractivity contribution in [3.8, 4) is 0 Å². The summed E-state index contributed by atoms with van der Waals surface area (Å²) < 4.78 is 0. The molecule has 1 saturated carbocycles. The van der Waals surface area contributed by atoms with E-state index in [2.05, 4.69) is 38.1 Å². The van der Waals surface area contributed by atoms with Gasteiger partial charge in [0.05, 0.1) is 0 Å². The predicted molar refractivity (Wildman–Crippen MR) is 72.7 cm³/mol. The highest BCUT2D eigenvalue weighted by atomic mass is 16.4. The topological polar surface area (TPSA) is 37.3 Å². The Morgan fingerprint density at radius 1 is 1.28 bits per heavy atom. The van der Waals surface area contributed by atoms with E-state index in [1.807, 2.05) is 0 Å². The Balaban J connectivity index is 1.99. The van der Waals surface area contributed by atoms with Crippen LogP contribution in [0.15, 0.2) is 24.3 Å². The van der Waals surface area contributed by atoms with Crippen molar-refractivity contribution in [3.63, 3.8) is 0 Å². The average Bonchev–Trinajstić information content (AvgIpc) is 3.12. The van der Waals surface area contributed by atoms with Crippen LogP contribution in [0.1, 0.15) is 50.2 Å². The first-order valence-corrected chi connectivity index (χ1v) is 6.87. The van der Waals surface area contributed by atoms with Gasteiger partial charge in [-0.2, -0.15) is 0 Å². The van der Waals surface area contributed by atoms with Crippen LogP contribution in [0.2, 0.25) is 0 Å². The molecular weight excluding hydrogens is 224 g/mol. The fraction of sp³-hybridized carbons (Fsp3) is 0.562. The summed E-state index contributed by atoms with van der Waals surface area (Å²) in [5.41, 5.74) is 2.62. The van der Waals surface area contributed by atoms with E-state index in [0.717, 1.165) is 6.42 Å². The molecule has 0 aromatic heterocycles. The van der Waals surface area contributed by atoms with Gasteiger partial charge in [-0.1, -0.05) is 38.1 Å². The Morgan fingerprint density at radius 3 is 2.33 bits per heavy atom. The second-order valence-corrected chi connectivity index (χ2v) is 5.80. The van der Waals surface area contributed by atoms with Crippen molar-refractivity contribution in [1.29, 1.82) is 0 Å². The Bertz CT molecular complexity index is 402. The first-order valence-electron chi connectivity index (χ1n) is 6.87. The maximum atomic E-state index is 10.9. The summed E-state index contributed by atoms with van der Waals surface area (Å²) in [5.74, 6) is 0.862. The summed E-state index contributed by atoms with van der Waals surface area (Å²) in [5, 5.41) is 8.96. The highest BCUT2D eigenvalue weighted by Gasteiger charge is 2.32. The lowest BCUT2D eigenvalue weighted by Gasteiger charge is -2.14. The van der Waals surface area contributed by atoms with E-state index < -0.39 is 5.97 Å². The molecule has 1 fully saturated rings. The molecule has 1 unspecified atom stereocenters. The third-order valence-electron chi connectivity index (χ3n) is 3.87. The zero-order chi connectivity index (χ0) is 13.1. The number of carboxylic acids is 1. The van der Waals surface area contributed by atoms with Crippen LogP contribution in [0.3, 0.4) is 0 Å². The van der Waals surface area contributed by atoms with Gasteiger partial charge in [-0.3, -0.25) is 4.79 Å². The molecular formula is C16H22O2.